The van der Waals surface area contributed by atoms with Crippen LogP contribution in [0.2, 0.25) is 0 Å². The van der Waals surface area contributed by atoms with Crippen LogP contribution in [-0.2, 0) is 0 Å². The molecule has 0 atom stereocenters. The van der Waals surface area contributed by atoms with Gasteiger partial charge in [0.15, 0.2) is 0 Å². The van der Waals surface area contributed by atoms with Gasteiger partial charge in [0.05, 0.1) is 4.47 Å². The van der Waals surface area contributed by atoms with Crippen molar-refractivity contribution in [1.82, 2.24) is 0 Å². The lowest BCUT2D eigenvalue weighted by atomic mass is 10.2. The summed E-state index contributed by atoms with van der Waals surface area (Å²) in [5, 5.41) is 8.77. The molecule has 0 aliphatic rings. The number of hydrogen-bond acceptors (Lipinski definition) is 1. The van der Waals surface area contributed by atoms with Crippen molar-refractivity contribution < 1.29 is 18.3 Å². The van der Waals surface area contributed by atoms with Gasteiger partial charge in [-0.15, -0.1) is 0 Å². The molecule has 1 nitrogen and oxygen atoms in total. The van der Waals surface area contributed by atoms with Gasteiger partial charge >= 0.3 is 0 Å². The summed E-state index contributed by atoms with van der Waals surface area (Å²) in [6.07, 6.45) is -2.80. The zero-order valence-electron chi connectivity index (χ0n) is 5.69. The maximum Gasteiger partial charge on any atom is 0.265 e. The van der Waals surface area contributed by atoms with Gasteiger partial charge in [-0.05, 0) is 22.0 Å². The lowest BCUT2D eigenvalue weighted by Crippen LogP contribution is -1.89. The number of halogens is 4. The zero-order chi connectivity index (χ0) is 9.30. The SMILES string of the molecule is Oc1cc(F)c(Br)c(C(F)F)c1. The number of hydrogen-bond donors (Lipinski definition) is 1. The van der Waals surface area contributed by atoms with E-state index in [9.17, 15) is 13.2 Å². The van der Waals surface area contributed by atoms with Gasteiger partial charge in [0.1, 0.15) is 11.6 Å². The number of rotatable bonds is 1. The first-order valence-electron chi connectivity index (χ1n) is 2.98. The molecule has 0 aromatic heterocycles. The van der Waals surface area contributed by atoms with E-state index in [1.165, 1.54) is 0 Å². The van der Waals surface area contributed by atoms with Crippen molar-refractivity contribution in [2.24, 2.45) is 0 Å². The molecule has 0 unspecified atom stereocenters. The number of benzene rings is 1. The quantitative estimate of drug-likeness (QED) is 0.800. The predicted octanol–water partition coefficient (Wildman–Crippen LogP) is 3.23. The van der Waals surface area contributed by atoms with E-state index in [4.69, 9.17) is 5.11 Å². The predicted molar refractivity (Wildman–Crippen MR) is 40.7 cm³/mol. The van der Waals surface area contributed by atoms with Crippen LogP contribution >= 0.6 is 15.9 Å². The second-order valence-electron chi connectivity index (χ2n) is 2.13. The molecule has 0 saturated heterocycles. The summed E-state index contributed by atoms with van der Waals surface area (Å²) in [6.45, 7) is 0. The Balaban J connectivity index is 3.28. The van der Waals surface area contributed by atoms with Crippen LogP contribution in [0.25, 0.3) is 0 Å². The van der Waals surface area contributed by atoms with E-state index >= 15 is 0 Å². The van der Waals surface area contributed by atoms with Gasteiger partial charge in [-0.1, -0.05) is 0 Å². The van der Waals surface area contributed by atoms with E-state index in [0.29, 0.717) is 0 Å². The first-order valence-corrected chi connectivity index (χ1v) is 3.77. The Bertz CT molecular complexity index is 301. The molecule has 5 heteroatoms. The summed E-state index contributed by atoms with van der Waals surface area (Å²) < 4.78 is 36.5. The average molecular weight is 241 g/mol. The monoisotopic (exact) mass is 240 g/mol. The highest BCUT2D eigenvalue weighted by molar-refractivity contribution is 9.10. The Morgan fingerprint density at radius 3 is 2.42 bits per heavy atom. The first kappa shape index (κ1) is 9.38. The van der Waals surface area contributed by atoms with E-state index in [-0.39, 0.29) is 4.47 Å². The van der Waals surface area contributed by atoms with Crippen LogP contribution in [0.5, 0.6) is 5.75 Å². The van der Waals surface area contributed by atoms with Gasteiger partial charge in [0, 0.05) is 11.6 Å². The van der Waals surface area contributed by atoms with E-state index in [1.54, 1.807) is 0 Å². The fourth-order valence-corrected chi connectivity index (χ4v) is 1.16. The van der Waals surface area contributed by atoms with Crippen molar-refractivity contribution in [1.29, 1.82) is 0 Å². The topological polar surface area (TPSA) is 20.2 Å². The Kier molecular flexibility index (Phi) is 2.62. The number of aromatic hydroxyl groups is 1. The van der Waals surface area contributed by atoms with Crippen molar-refractivity contribution in [3.8, 4) is 5.75 Å². The summed E-state index contributed by atoms with van der Waals surface area (Å²) in [5.74, 6) is -1.41. The smallest absolute Gasteiger partial charge is 0.265 e. The Morgan fingerprint density at radius 2 is 1.92 bits per heavy atom. The fourth-order valence-electron chi connectivity index (χ4n) is 0.754. The molecular weight excluding hydrogens is 237 g/mol. The van der Waals surface area contributed by atoms with Crippen molar-refractivity contribution in [3.05, 3.63) is 28.0 Å². The summed E-state index contributed by atoms with van der Waals surface area (Å²) in [4.78, 5) is 0. The van der Waals surface area contributed by atoms with Crippen molar-refractivity contribution in [3.63, 3.8) is 0 Å². The Hall–Kier alpha value is -0.710. The van der Waals surface area contributed by atoms with Gasteiger partial charge in [-0.3, -0.25) is 0 Å². The van der Waals surface area contributed by atoms with Gasteiger partial charge in [-0.25, -0.2) is 13.2 Å². The number of phenolic OH excluding ortho intramolecular Hbond substituents is 1. The van der Waals surface area contributed by atoms with Gasteiger partial charge in [0.25, 0.3) is 6.43 Å². The fraction of sp³-hybridized carbons (Fsp3) is 0.143. The summed E-state index contributed by atoms with van der Waals surface area (Å²) in [6, 6.07) is 1.58. The third-order valence-electron chi connectivity index (χ3n) is 1.28. The van der Waals surface area contributed by atoms with Crippen LogP contribution in [0, 0.1) is 5.82 Å². The Morgan fingerprint density at radius 1 is 1.33 bits per heavy atom. The molecule has 0 saturated carbocycles. The lowest BCUT2D eigenvalue weighted by molar-refractivity contribution is 0.149. The molecule has 0 radical (unpaired) electrons. The maximum absolute atomic E-state index is 12.7. The van der Waals surface area contributed by atoms with Crippen LogP contribution < -0.4 is 0 Å². The zero-order valence-corrected chi connectivity index (χ0v) is 7.28. The van der Waals surface area contributed by atoms with Crippen molar-refractivity contribution in [2.75, 3.05) is 0 Å². The molecule has 12 heavy (non-hydrogen) atoms. The largest absolute Gasteiger partial charge is 0.508 e. The molecule has 0 spiro atoms. The highest BCUT2D eigenvalue weighted by Gasteiger charge is 2.15. The van der Waals surface area contributed by atoms with Crippen molar-refractivity contribution in [2.45, 2.75) is 6.43 Å². The van der Waals surface area contributed by atoms with Crippen LogP contribution in [-0.4, -0.2) is 5.11 Å². The second kappa shape index (κ2) is 3.35. The van der Waals surface area contributed by atoms with E-state index in [0.717, 1.165) is 12.1 Å². The van der Waals surface area contributed by atoms with Gasteiger partial charge in [-0.2, -0.15) is 0 Å². The minimum Gasteiger partial charge on any atom is -0.508 e. The molecule has 1 aromatic rings. The van der Waals surface area contributed by atoms with Gasteiger partial charge < -0.3 is 5.11 Å². The second-order valence-corrected chi connectivity index (χ2v) is 2.92. The summed E-state index contributed by atoms with van der Waals surface area (Å²) >= 11 is 2.65. The molecule has 0 heterocycles. The highest BCUT2D eigenvalue weighted by Crippen LogP contribution is 2.32. The van der Waals surface area contributed by atoms with Crippen LogP contribution in [0.15, 0.2) is 16.6 Å². The molecule has 1 N–H and O–H groups in total. The first-order chi connectivity index (χ1) is 5.52. The van der Waals surface area contributed by atoms with E-state index < -0.39 is 23.6 Å². The lowest BCUT2D eigenvalue weighted by Gasteiger charge is -2.04. The molecule has 0 aliphatic carbocycles. The molecule has 66 valence electrons. The van der Waals surface area contributed by atoms with Crippen LogP contribution in [0.4, 0.5) is 13.2 Å². The molecule has 1 rings (SSSR count). The minimum atomic E-state index is -2.80. The standard InChI is InChI=1S/C7H4BrF3O/c8-6-4(7(10)11)1-3(12)2-5(6)9/h1-2,7,12H. The summed E-state index contributed by atoms with van der Waals surface area (Å²) in [5.41, 5.74) is -0.549. The van der Waals surface area contributed by atoms with Gasteiger partial charge in [0.2, 0.25) is 0 Å². The highest BCUT2D eigenvalue weighted by atomic mass is 79.9. The normalized spacial score (nSPS) is 10.8. The summed E-state index contributed by atoms with van der Waals surface area (Å²) in [7, 11) is 0. The van der Waals surface area contributed by atoms with E-state index in [1.807, 2.05) is 0 Å². The van der Waals surface area contributed by atoms with Crippen LogP contribution in [0.1, 0.15) is 12.0 Å². The third kappa shape index (κ3) is 1.72. The molecule has 0 bridgehead atoms. The minimum absolute atomic E-state index is 0.310. The van der Waals surface area contributed by atoms with Crippen molar-refractivity contribution >= 4 is 15.9 Å². The number of alkyl halides is 2. The van der Waals surface area contributed by atoms with Crippen LogP contribution in [0.3, 0.4) is 0 Å². The molecule has 0 aliphatic heterocycles. The molecule has 0 amide bonds. The molecule has 0 fully saturated rings. The molecule has 1 aromatic carbocycles. The number of phenols is 1. The Labute approximate surface area is 75.0 Å². The maximum atomic E-state index is 12.7. The average Bonchev–Trinajstić information content (AvgIpc) is 1.96. The van der Waals surface area contributed by atoms with E-state index in [2.05, 4.69) is 15.9 Å². The molecular formula is C7H4BrF3O. The third-order valence-corrected chi connectivity index (χ3v) is 2.11.